The van der Waals surface area contributed by atoms with Gasteiger partial charge in [-0.05, 0) is 11.6 Å². The first-order valence-corrected chi connectivity index (χ1v) is 3.44. The Bertz CT molecular complexity index is 157. The first kappa shape index (κ1) is 7.54. The highest BCUT2D eigenvalue weighted by Crippen LogP contribution is 2.17. The zero-order chi connectivity index (χ0) is 7.72. The highest BCUT2D eigenvalue weighted by Gasteiger charge is 2.32. The van der Waals surface area contributed by atoms with Crippen LogP contribution in [0.2, 0.25) is 0 Å². The van der Waals surface area contributed by atoms with Crippen LogP contribution < -0.4 is 0 Å². The van der Waals surface area contributed by atoms with E-state index in [9.17, 15) is 9.59 Å². The molecule has 1 aliphatic rings. The molecular weight excluding hydrogens is 154 g/mol. The smallest absolute Gasteiger partial charge is 0.228 e. The SMILES string of the molecule is CC(=O)N1CC(C(=O)Cl)C1. The second kappa shape index (κ2) is 2.58. The molecule has 0 radical (unpaired) electrons. The Kier molecular flexibility index (Phi) is 1.94. The number of hydrogen-bond acceptors (Lipinski definition) is 2. The van der Waals surface area contributed by atoms with Gasteiger partial charge in [0.15, 0.2) is 0 Å². The van der Waals surface area contributed by atoms with Crippen LogP contribution >= 0.6 is 11.6 Å². The quantitative estimate of drug-likeness (QED) is 0.517. The number of rotatable bonds is 1. The number of hydrogen-bond donors (Lipinski definition) is 0. The summed E-state index contributed by atoms with van der Waals surface area (Å²) < 4.78 is 0. The number of carbonyl (C=O) groups excluding carboxylic acids is 2. The van der Waals surface area contributed by atoms with Gasteiger partial charge < -0.3 is 4.90 Å². The Balaban J connectivity index is 2.31. The van der Waals surface area contributed by atoms with Crippen molar-refractivity contribution < 1.29 is 9.59 Å². The topological polar surface area (TPSA) is 37.4 Å². The van der Waals surface area contributed by atoms with Crippen LogP contribution in [0.15, 0.2) is 0 Å². The molecule has 10 heavy (non-hydrogen) atoms. The molecule has 0 bridgehead atoms. The van der Waals surface area contributed by atoms with Crippen molar-refractivity contribution in [3.05, 3.63) is 0 Å². The van der Waals surface area contributed by atoms with Gasteiger partial charge in [0.1, 0.15) is 0 Å². The molecule has 1 aliphatic heterocycles. The van der Waals surface area contributed by atoms with Crippen molar-refractivity contribution in [2.45, 2.75) is 6.92 Å². The van der Waals surface area contributed by atoms with Gasteiger partial charge in [-0.15, -0.1) is 0 Å². The summed E-state index contributed by atoms with van der Waals surface area (Å²) in [5.41, 5.74) is 0. The predicted octanol–water partition coefficient (Wildman–Crippen LogP) is 0.230. The third-order valence-corrected chi connectivity index (χ3v) is 1.96. The summed E-state index contributed by atoms with van der Waals surface area (Å²) in [6.45, 7) is 2.48. The highest BCUT2D eigenvalue weighted by atomic mass is 35.5. The van der Waals surface area contributed by atoms with Gasteiger partial charge in [-0.2, -0.15) is 0 Å². The van der Waals surface area contributed by atoms with E-state index in [0.29, 0.717) is 13.1 Å². The number of nitrogens with zero attached hydrogens (tertiary/aromatic N) is 1. The maximum Gasteiger partial charge on any atom is 0.228 e. The number of amides is 1. The highest BCUT2D eigenvalue weighted by molar-refractivity contribution is 6.64. The molecule has 0 aromatic rings. The Morgan fingerprint density at radius 1 is 1.50 bits per heavy atom. The van der Waals surface area contributed by atoms with Crippen LogP contribution in [0.4, 0.5) is 0 Å². The van der Waals surface area contributed by atoms with Gasteiger partial charge in [-0.25, -0.2) is 0 Å². The molecule has 0 unspecified atom stereocenters. The van der Waals surface area contributed by atoms with Crippen LogP contribution in [-0.2, 0) is 9.59 Å². The summed E-state index contributed by atoms with van der Waals surface area (Å²) in [5.74, 6) is -0.111. The molecule has 0 aliphatic carbocycles. The molecule has 4 heteroatoms. The summed E-state index contributed by atoms with van der Waals surface area (Å²) >= 11 is 5.17. The van der Waals surface area contributed by atoms with Crippen LogP contribution in [0.3, 0.4) is 0 Å². The zero-order valence-corrected chi connectivity index (χ0v) is 6.39. The average molecular weight is 162 g/mol. The molecule has 0 N–H and O–H groups in total. The van der Waals surface area contributed by atoms with Gasteiger partial charge in [0.05, 0.1) is 5.92 Å². The van der Waals surface area contributed by atoms with E-state index in [-0.39, 0.29) is 17.1 Å². The molecule has 1 fully saturated rings. The van der Waals surface area contributed by atoms with Gasteiger partial charge in [-0.1, -0.05) is 0 Å². The summed E-state index contributed by atoms with van der Waals surface area (Å²) in [7, 11) is 0. The minimum Gasteiger partial charge on any atom is -0.341 e. The second-order valence-electron chi connectivity index (χ2n) is 2.43. The number of halogens is 1. The molecule has 0 spiro atoms. The molecule has 1 amide bonds. The van der Waals surface area contributed by atoms with E-state index in [4.69, 9.17) is 11.6 Å². The van der Waals surface area contributed by atoms with Crippen LogP contribution in [-0.4, -0.2) is 29.1 Å². The van der Waals surface area contributed by atoms with E-state index in [1.54, 1.807) is 4.90 Å². The van der Waals surface area contributed by atoms with E-state index in [0.717, 1.165) is 0 Å². The van der Waals surface area contributed by atoms with E-state index in [1.165, 1.54) is 6.92 Å². The summed E-state index contributed by atoms with van der Waals surface area (Å²) in [4.78, 5) is 22.6. The fourth-order valence-corrected chi connectivity index (χ4v) is 1.02. The maximum absolute atomic E-state index is 10.6. The van der Waals surface area contributed by atoms with E-state index in [2.05, 4.69) is 0 Å². The first-order valence-electron chi connectivity index (χ1n) is 3.06. The molecule has 0 aromatic carbocycles. The van der Waals surface area contributed by atoms with Crippen molar-refractivity contribution in [3.8, 4) is 0 Å². The largest absolute Gasteiger partial charge is 0.341 e. The zero-order valence-electron chi connectivity index (χ0n) is 5.63. The van der Waals surface area contributed by atoms with Gasteiger partial charge >= 0.3 is 0 Å². The third-order valence-electron chi connectivity index (χ3n) is 1.65. The first-order chi connectivity index (χ1) is 4.61. The Morgan fingerprint density at radius 2 is 2.00 bits per heavy atom. The lowest BCUT2D eigenvalue weighted by molar-refractivity contribution is -0.137. The molecule has 3 nitrogen and oxygen atoms in total. The van der Waals surface area contributed by atoms with Gasteiger partial charge in [0, 0.05) is 20.0 Å². The average Bonchev–Trinajstić information content (AvgIpc) is 1.56. The minimum absolute atomic E-state index is 0.00849. The fraction of sp³-hybridized carbons (Fsp3) is 0.667. The van der Waals surface area contributed by atoms with Crippen molar-refractivity contribution in [2.75, 3.05) is 13.1 Å². The Hall–Kier alpha value is -0.570. The van der Waals surface area contributed by atoms with E-state index < -0.39 is 0 Å². The molecular formula is C6H8ClNO2. The molecule has 1 rings (SSSR count). The summed E-state index contributed by atoms with van der Waals surface area (Å²) in [6.07, 6.45) is 0. The van der Waals surface area contributed by atoms with Crippen molar-refractivity contribution in [2.24, 2.45) is 5.92 Å². The van der Waals surface area contributed by atoms with E-state index >= 15 is 0 Å². The molecule has 56 valence electrons. The molecule has 0 aromatic heterocycles. The lowest BCUT2D eigenvalue weighted by Gasteiger charge is -2.36. The van der Waals surface area contributed by atoms with Gasteiger partial charge in [0.25, 0.3) is 0 Å². The van der Waals surface area contributed by atoms with Crippen molar-refractivity contribution in [3.63, 3.8) is 0 Å². The van der Waals surface area contributed by atoms with Crippen molar-refractivity contribution >= 4 is 22.8 Å². The maximum atomic E-state index is 10.6. The summed E-state index contributed by atoms with van der Waals surface area (Å²) in [6, 6.07) is 0. The minimum atomic E-state index is -0.336. The molecule has 0 atom stereocenters. The van der Waals surface area contributed by atoms with Crippen LogP contribution in [0.1, 0.15) is 6.92 Å². The lowest BCUT2D eigenvalue weighted by Crippen LogP contribution is -2.51. The van der Waals surface area contributed by atoms with Gasteiger partial charge in [-0.3, -0.25) is 9.59 Å². The van der Waals surface area contributed by atoms with E-state index in [1.807, 2.05) is 0 Å². The molecule has 1 saturated heterocycles. The van der Waals surface area contributed by atoms with Crippen molar-refractivity contribution in [1.29, 1.82) is 0 Å². The van der Waals surface area contributed by atoms with Crippen LogP contribution in [0.5, 0.6) is 0 Å². The molecule has 0 saturated carbocycles. The lowest BCUT2D eigenvalue weighted by atomic mass is 10.0. The summed E-state index contributed by atoms with van der Waals surface area (Å²) in [5, 5.41) is -0.336. The van der Waals surface area contributed by atoms with Gasteiger partial charge in [0.2, 0.25) is 11.1 Å². The normalized spacial score (nSPS) is 18.4. The fourth-order valence-electron chi connectivity index (χ4n) is 0.879. The Labute approximate surface area is 63.9 Å². The van der Waals surface area contributed by atoms with Crippen LogP contribution in [0, 0.1) is 5.92 Å². The predicted molar refractivity (Wildman–Crippen MR) is 36.6 cm³/mol. The number of likely N-dealkylation sites (tertiary alicyclic amines) is 1. The molecule has 1 heterocycles. The third kappa shape index (κ3) is 1.29. The van der Waals surface area contributed by atoms with Crippen LogP contribution in [0.25, 0.3) is 0 Å². The monoisotopic (exact) mass is 161 g/mol. The standard InChI is InChI=1S/C6H8ClNO2/c1-4(9)8-2-5(3-8)6(7)10/h5H,2-3H2,1H3. The van der Waals surface area contributed by atoms with Crippen molar-refractivity contribution in [1.82, 2.24) is 4.90 Å². The number of carbonyl (C=O) groups is 2. The Morgan fingerprint density at radius 3 is 2.30 bits per heavy atom. The second-order valence-corrected chi connectivity index (χ2v) is 2.80.